The second-order valence-corrected chi connectivity index (χ2v) is 6.43. The van der Waals surface area contributed by atoms with Gasteiger partial charge in [-0.15, -0.1) is 12.4 Å². The van der Waals surface area contributed by atoms with E-state index >= 15 is 0 Å². The summed E-state index contributed by atoms with van der Waals surface area (Å²) in [6.45, 7) is 1.09. The molecule has 0 bridgehead atoms. The zero-order chi connectivity index (χ0) is 14.8. The van der Waals surface area contributed by atoms with E-state index in [1.807, 2.05) is 0 Å². The van der Waals surface area contributed by atoms with Crippen LogP contribution in [-0.4, -0.2) is 27.5 Å². The van der Waals surface area contributed by atoms with Gasteiger partial charge in [-0.05, 0) is 43.7 Å². The van der Waals surface area contributed by atoms with E-state index in [4.69, 9.17) is 0 Å². The fourth-order valence-electron chi connectivity index (χ4n) is 2.05. The summed E-state index contributed by atoms with van der Waals surface area (Å²) in [5.41, 5.74) is -0.867. The molecule has 0 radical (unpaired) electrons. The lowest BCUT2D eigenvalue weighted by molar-refractivity contribution is -0.137. The van der Waals surface area contributed by atoms with Crippen molar-refractivity contribution in [1.82, 2.24) is 10.0 Å². The molecule has 1 aromatic carbocycles. The molecule has 0 amide bonds. The molecule has 120 valence electrons. The molecule has 1 aromatic rings. The molecule has 1 unspecified atom stereocenters. The van der Waals surface area contributed by atoms with Gasteiger partial charge < -0.3 is 5.32 Å². The molecule has 1 aliphatic heterocycles. The van der Waals surface area contributed by atoms with E-state index in [0.29, 0.717) is 0 Å². The highest BCUT2D eigenvalue weighted by Crippen LogP contribution is 2.29. The Balaban J connectivity index is 0.00000220. The molecule has 1 saturated heterocycles. The Hall–Kier alpha value is -0.830. The minimum absolute atomic E-state index is 0. The first kappa shape index (κ1) is 18.2. The van der Waals surface area contributed by atoms with E-state index in [0.717, 1.165) is 43.7 Å². The number of benzene rings is 1. The summed E-state index contributed by atoms with van der Waals surface area (Å²) in [4.78, 5) is -0.163. The number of hydrogen-bond donors (Lipinski definition) is 2. The molecule has 2 N–H and O–H groups in total. The molecule has 9 heteroatoms. The van der Waals surface area contributed by atoms with E-state index in [-0.39, 0.29) is 29.9 Å². The Morgan fingerprint density at radius 2 is 1.86 bits per heavy atom. The van der Waals surface area contributed by atoms with E-state index in [2.05, 4.69) is 10.0 Å². The SMILES string of the molecule is Cl.O=S(=O)(NCC1CCCN1)c1ccc(C(F)(F)F)cc1. The van der Waals surface area contributed by atoms with E-state index < -0.39 is 21.8 Å². The van der Waals surface area contributed by atoms with Crippen LogP contribution in [0.25, 0.3) is 0 Å². The van der Waals surface area contributed by atoms with Gasteiger partial charge >= 0.3 is 6.18 Å². The highest BCUT2D eigenvalue weighted by Gasteiger charge is 2.30. The predicted molar refractivity (Wildman–Crippen MR) is 74.9 cm³/mol. The Bertz CT molecular complexity index is 555. The minimum Gasteiger partial charge on any atom is -0.313 e. The van der Waals surface area contributed by atoms with Gasteiger partial charge in [0.05, 0.1) is 10.5 Å². The van der Waals surface area contributed by atoms with Gasteiger partial charge in [0.15, 0.2) is 0 Å². The quantitative estimate of drug-likeness (QED) is 0.880. The first-order valence-corrected chi connectivity index (χ1v) is 7.68. The van der Waals surface area contributed by atoms with Crippen LogP contribution in [-0.2, 0) is 16.2 Å². The number of sulfonamides is 1. The summed E-state index contributed by atoms with van der Waals surface area (Å²) in [6, 6.07) is 3.55. The average molecular weight is 345 g/mol. The zero-order valence-corrected chi connectivity index (χ0v) is 12.6. The Labute approximate surface area is 127 Å². The zero-order valence-electron chi connectivity index (χ0n) is 11.0. The van der Waals surface area contributed by atoms with E-state index in [1.54, 1.807) is 0 Å². The van der Waals surface area contributed by atoms with Crippen LogP contribution in [0.1, 0.15) is 18.4 Å². The van der Waals surface area contributed by atoms with Crippen molar-refractivity contribution in [1.29, 1.82) is 0 Å². The molecule has 1 heterocycles. The number of hydrogen-bond acceptors (Lipinski definition) is 3. The fourth-order valence-corrected chi connectivity index (χ4v) is 3.13. The van der Waals surface area contributed by atoms with Crippen LogP contribution in [0.2, 0.25) is 0 Å². The van der Waals surface area contributed by atoms with Gasteiger partial charge in [-0.1, -0.05) is 0 Å². The summed E-state index contributed by atoms with van der Waals surface area (Å²) >= 11 is 0. The third-order valence-electron chi connectivity index (χ3n) is 3.17. The van der Waals surface area contributed by atoms with Crippen LogP contribution in [0.4, 0.5) is 13.2 Å². The second kappa shape index (κ2) is 6.95. The summed E-state index contributed by atoms with van der Waals surface area (Å²) in [5, 5.41) is 3.13. The molecular weight excluding hydrogens is 329 g/mol. The van der Waals surface area contributed by atoms with Gasteiger partial charge in [0.2, 0.25) is 10.0 Å². The van der Waals surface area contributed by atoms with Gasteiger partial charge in [-0.3, -0.25) is 0 Å². The molecule has 4 nitrogen and oxygen atoms in total. The van der Waals surface area contributed by atoms with Gasteiger partial charge in [0.25, 0.3) is 0 Å². The molecule has 0 aliphatic carbocycles. The molecule has 21 heavy (non-hydrogen) atoms. The lowest BCUT2D eigenvalue weighted by Gasteiger charge is -2.12. The van der Waals surface area contributed by atoms with Gasteiger partial charge in [0.1, 0.15) is 0 Å². The Kier molecular flexibility index (Phi) is 6.03. The van der Waals surface area contributed by atoms with E-state index in [9.17, 15) is 21.6 Å². The van der Waals surface area contributed by atoms with Crippen LogP contribution in [0, 0.1) is 0 Å². The van der Waals surface area contributed by atoms with Crippen LogP contribution < -0.4 is 10.0 Å². The number of halogens is 4. The van der Waals surface area contributed by atoms with Crippen LogP contribution in [0.3, 0.4) is 0 Å². The lowest BCUT2D eigenvalue weighted by Crippen LogP contribution is -2.37. The largest absolute Gasteiger partial charge is 0.416 e. The van der Waals surface area contributed by atoms with Crippen LogP contribution in [0.15, 0.2) is 29.2 Å². The number of alkyl halides is 3. The van der Waals surface area contributed by atoms with Gasteiger partial charge in [-0.2, -0.15) is 13.2 Å². The average Bonchev–Trinajstić information content (AvgIpc) is 2.89. The van der Waals surface area contributed by atoms with Crippen molar-refractivity contribution in [2.45, 2.75) is 30.0 Å². The molecular formula is C12H16ClF3N2O2S. The number of rotatable bonds is 4. The van der Waals surface area contributed by atoms with Crippen molar-refractivity contribution < 1.29 is 21.6 Å². The molecule has 0 spiro atoms. The van der Waals surface area contributed by atoms with Gasteiger partial charge in [0, 0.05) is 12.6 Å². The lowest BCUT2D eigenvalue weighted by atomic mass is 10.2. The van der Waals surface area contributed by atoms with Crippen molar-refractivity contribution >= 4 is 22.4 Å². The maximum atomic E-state index is 12.4. The molecule has 1 atom stereocenters. The second-order valence-electron chi connectivity index (χ2n) is 4.67. The van der Waals surface area contributed by atoms with Crippen molar-refractivity contribution in [2.75, 3.05) is 13.1 Å². The van der Waals surface area contributed by atoms with Crippen LogP contribution >= 0.6 is 12.4 Å². The fraction of sp³-hybridized carbons (Fsp3) is 0.500. The topological polar surface area (TPSA) is 58.2 Å². The van der Waals surface area contributed by atoms with Crippen molar-refractivity contribution in [2.24, 2.45) is 0 Å². The first-order chi connectivity index (χ1) is 9.29. The summed E-state index contributed by atoms with van der Waals surface area (Å²) in [6.07, 6.45) is -2.59. The monoisotopic (exact) mass is 344 g/mol. The summed E-state index contributed by atoms with van der Waals surface area (Å²) < 4.78 is 63.4. The highest BCUT2D eigenvalue weighted by molar-refractivity contribution is 7.89. The molecule has 1 fully saturated rings. The Morgan fingerprint density at radius 1 is 1.24 bits per heavy atom. The summed E-state index contributed by atoms with van der Waals surface area (Å²) in [5.74, 6) is 0. The van der Waals surface area contributed by atoms with Crippen molar-refractivity contribution in [3.05, 3.63) is 29.8 Å². The predicted octanol–water partition coefficient (Wildman–Crippen LogP) is 2.16. The third-order valence-corrected chi connectivity index (χ3v) is 4.61. The third kappa shape index (κ3) is 4.84. The van der Waals surface area contributed by atoms with Gasteiger partial charge in [-0.25, -0.2) is 13.1 Å². The molecule has 0 saturated carbocycles. The molecule has 0 aromatic heterocycles. The maximum absolute atomic E-state index is 12.4. The minimum atomic E-state index is -4.47. The standard InChI is InChI=1S/C12H15F3N2O2S.ClH/c13-12(14,15)9-3-5-11(6-4-9)20(18,19)17-8-10-2-1-7-16-10;/h3-6,10,16-17H,1-2,7-8H2;1H. The highest BCUT2D eigenvalue weighted by atomic mass is 35.5. The maximum Gasteiger partial charge on any atom is 0.416 e. The van der Waals surface area contributed by atoms with E-state index in [1.165, 1.54) is 0 Å². The van der Waals surface area contributed by atoms with Crippen molar-refractivity contribution in [3.8, 4) is 0 Å². The summed E-state index contributed by atoms with van der Waals surface area (Å²) in [7, 11) is -3.77. The first-order valence-electron chi connectivity index (χ1n) is 6.19. The smallest absolute Gasteiger partial charge is 0.313 e. The number of nitrogens with one attached hydrogen (secondary N) is 2. The molecule has 2 rings (SSSR count). The van der Waals surface area contributed by atoms with Crippen molar-refractivity contribution in [3.63, 3.8) is 0 Å². The Morgan fingerprint density at radius 3 is 2.33 bits per heavy atom. The normalized spacial score (nSPS) is 19.3. The van der Waals surface area contributed by atoms with Crippen LogP contribution in [0.5, 0.6) is 0 Å². The molecule has 1 aliphatic rings.